The lowest BCUT2D eigenvalue weighted by Gasteiger charge is -2.36. The lowest BCUT2D eigenvalue weighted by Crippen LogP contribution is -2.47. The van der Waals surface area contributed by atoms with Crippen molar-refractivity contribution in [2.24, 2.45) is 0 Å². The van der Waals surface area contributed by atoms with Crippen LogP contribution in [0.1, 0.15) is 26.1 Å². The van der Waals surface area contributed by atoms with Crippen LogP contribution in [0.4, 0.5) is 11.5 Å². The summed E-state index contributed by atoms with van der Waals surface area (Å²) in [7, 11) is 1.69. The fraction of sp³-hybridized carbons (Fsp3) is 0.520. The van der Waals surface area contributed by atoms with Crippen molar-refractivity contribution in [2.75, 3.05) is 69.3 Å². The number of aryl methyl sites for hydroxylation is 1. The van der Waals surface area contributed by atoms with Gasteiger partial charge in [0.15, 0.2) is 11.5 Å². The number of rotatable bonds is 11. The number of nitrogens with one attached hydrogen (secondary N) is 1. The van der Waals surface area contributed by atoms with E-state index in [0.717, 1.165) is 57.4 Å². The van der Waals surface area contributed by atoms with E-state index in [1.165, 1.54) is 5.69 Å². The molecule has 1 amide bonds. The van der Waals surface area contributed by atoms with Crippen molar-refractivity contribution in [1.82, 2.24) is 30.0 Å². The number of ether oxygens (including phenoxy) is 1. The van der Waals surface area contributed by atoms with E-state index in [4.69, 9.17) is 9.84 Å². The highest BCUT2D eigenvalue weighted by molar-refractivity contribution is 5.76. The summed E-state index contributed by atoms with van der Waals surface area (Å²) < 4.78 is 7.14. The predicted octanol–water partition coefficient (Wildman–Crippen LogP) is 1.85. The first kappa shape index (κ1) is 24.7. The normalized spacial score (nSPS) is 14.1. The fourth-order valence-electron chi connectivity index (χ4n) is 4.36. The van der Waals surface area contributed by atoms with E-state index in [2.05, 4.69) is 56.2 Å². The Kier molecular flexibility index (Phi) is 8.36. The number of carbonyl (C=O) groups is 1. The van der Waals surface area contributed by atoms with Gasteiger partial charge in [-0.1, -0.05) is 19.9 Å². The average Bonchev–Trinajstić information content (AvgIpc) is 3.32. The van der Waals surface area contributed by atoms with E-state index < -0.39 is 0 Å². The van der Waals surface area contributed by atoms with Crippen LogP contribution in [0.5, 0.6) is 5.75 Å². The van der Waals surface area contributed by atoms with Gasteiger partial charge in [0.1, 0.15) is 11.6 Å². The van der Waals surface area contributed by atoms with Crippen molar-refractivity contribution >= 4 is 23.1 Å². The summed E-state index contributed by atoms with van der Waals surface area (Å²) in [5, 5.41) is 16.3. The third-order valence-corrected chi connectivity index (χ3v) is 6.56. The minimum Gasteiger partial charge on any atom is -0.497 e. The Morgan fingerprint density at radius 2 is 1.83 bits per heavy atom. The molecule has 1 saturated heterocycles. The SMILES string of the molecule is CCN(CC)CCNC(=O)CCc1nnc2ccc(N3CCN(c4cccc(OC)c4)CC3)nn12. The van der Waals surface area contributed by atoms with Crippen molar-refractivity contribution in [3.63, 3.8) is 0 Å². The molecule has 1 aromatic carbocycles. The minimum atomic E-state index is 0.0266. The van der Waals surface area contributed by atoms with Gasteiger partial charge in [-0.3, -0.25) is 4.79 Å². The van der Waals surface area contributed by atoms with Crippen LogP contribution in [0.2, 0.25) is 0 Å². The van der Waals surface area contributed by atoms with Crippen molar-refractivity contribution < 1.29 is 9.53 Å². The summed E-state index contributed by atoms with van der Waals surface area (Å²) in [4.78, 5) is 19.2. The van der Waals surface area contributed by atoms with Gasteiger partial charge in [-0.25, -0.2) is 0 Å². The van der Waals surface area contributed by atoms with E-state index in [-0.39, 0.29) is 5.91 Å². The molecule has 35 heavy (non-hydrogen) atoms. The van der Waals surface area contributed by atoms with Crippen LogP contribution in [0.15, 0.2) is 36.4 Å². The number of piperazine rings is 1. The van der Waals surface area contributed by atoms with Gasteiger partial charge in [-0.2, -0.15) is 4.52 Å². The minimum absolute atomic E-state index is 0.0266. The summed E-state index contributed by atoms with van der Waals surface area (Å²) in [5.74, 6) is 2.50. The fourth-order valence-corrected chi connectivity index (χ4v) is 4.36. The summed E-state index contributed by atoms with van der Waals surface area (Å²) in [6, 6.07) is 12.1. The van der Waals surface area contributed by atoms with E-state index in [9.17, 15) is 4.79 Å². The zero-order valence-corrected chi connectivity index (χ0v) is 21.0. The van der Waals surface area contributed by atoms with Crippen LogP contribution in [-0.2, 0) is 11.2 Å². The topological polar surface area (TPSA) is 91.1 Å². The molecule has 4 rings (SSSR count). The molecule has 0 atom stereocenters. The molecule has 0 saturated carbocycles. The zero-order valence-electron chi connectivity index (χ0n) is 21.0. The number of likely N-dealkylation sites (N-methyl/N-ethyl adjacent to an activating group) is 1. The molecule has 1 N–H and O–H groups in total. The molecule has 1 aliphatic heterocycles. The Labute approximate surface area is 206 Å². The Balaban J connectivity index is 1.33. The van der Waals surface area contributed by atoms with Crippen LogP contribution < -0.4 is 19.9 Å². The molecule has 3 heterocycles. The summed E-state index contributed by atoms with van der Waals surface area (Å²) in [6.45, 7) is 11.3. The Bertz CT molecular complexity index is 1110. The molecular weight excluding hydrogens is 444 g/mol. The van der Waals surface area contributed by atoms with Gasteiger partial charge in [-0.15, -0.1) is 15.3 Å². The number of amides is 1. The van der Waals surface area contributed by atoms with Crippen LogP contribution in [0.3, 0.4) is 0 Å². The van der Waals surface area contributed by atoms with Crippen LogP contribution >= 0.6 is 0 Å². The Morgan fingerprint density at radius 1 is 1.06 bits per heavy atom. The molecule has 0 spiro atoms. The molecule has 0 unspecified atom stereocenters. The van der Waals surface area contributed by atoms with Crippen molar-refractivity contribution in [2.45, 2.75) is 26.7 Å². The monoisotopic (exact) mass is 480 g/mol. The largest absolute Gasteiger partial charge is 0.497 e. The van der Waals surface area contributed by atoms with E-state index in [1.54, 1.807) is 11.6 Å². The van der Waals surface area contributed by atoms with E-state index >= 15 is 0 Å². The second kappa shape index (κ2) is 11.8. The molecule has 1 fully saturated rings. The van der Waals surface area contributed by atoms with Crippen molar-refractivity contribution in [3.8, 4) is 5.75 Å². The third kappa shape index (κ3) is 6.19. The number of carbonyl (C=O) groups excluding carboxylic acids is 1. The molecule has 0 bridgehead atoms. The third-order valence-electron chi connectivity index (χ3n) is 6.56. The molecule has 188 valence electrons. The smallest absolute Gasteiger partial charge is 0.220 e. The summed E-state index contributed by atoms with van der Waals surface area (Å²) in [5.41, 5.74) is 1.87. The van der Waals surface area contributed by atoms with E-state index in [1.807, 2.05) is 24.3 Å². The molecule has 3 aromatic rings. The van der Waals surface area contributed by atoms with Gasteiger partial charge in [0, 0.05) is 63.9 Å². The molecule has 0 radical (unpaired) electrons. The number of anilines is 2. The summed E-state index contributed by atoms with van der Waals surface area (Å²) in [6.07, 6.45) is 0.864. The number of hydrogen-bond acceptors (Lipinski definition) is 8. The predicted molar refractivity (Wildman–Crippen MR) is 137 cm³/mol. The van der Waals surface area contributed by atoms with Crippen LogP contribution in [0, 0.1) is 0 Å². The van der Waals surface area contributed by atoms with Gasteiger partial charge in [0.05, 0.1) is 7.11 Å². The maximum atomic E-state index is 12.3. The first-order valence-corrected chi connectivity index (χ1v) is 12.5. The zero-order chi connectivity index (χ0) is 24.6. The Morgan fingerprint density at radius 3 is 2.57 bits per heavy atom. The second-order valence-corrected chi connectivity index (χ2v) is 8.63. The molecular formula is C25H36N8O2. The number of hydrogen-bond donors (Lipinski definition) is 1. The van der Waals surface area contributed by atoms with Gasteiger partial charge in [0.25, 0.3) is 0 Å². The molecule has 2 aromatic heterocycles. The highest BCUT2D eigenvalue weighted by Gasteiger charge is 2.20. The van der Waals surface area contributed by atoms with E-state index in [0.29, 0.717) is 30.9 Å². The van der Waals surface area contributed by atoms with Crippen molar-refractivity contribution in [3.05, 3.63) is 42.2 Å². The number of aromatic nitrogens is 4. The van der Waals surface area contributed by atoms with Crippen LogP contribution in [0.25, 0.3) is 5.65 Å². The average molecular weight is 481 g/mol. The molecule has 10 heteroatoms. The van der Waals surface area contributed by atoms with Gasteiger partial charge in [0.2, 0.25) is 5.91 Å². The maximum absolute atomic E-state index is 12.3. The second-order valence-electron chi connectivity index (χ2n) is 8.63. The standard InChI is InChI=1S/C25H36N8O2/c1-4-30(5-2)14-13-26-25(34)12-11-23-28-27-22-9-10-24(29-33(22)23)32-17-15-31(16-18-32)20-7-6-8-21(19-20)35-3/h6-10,19H,4-5,11-18H2,1-3H3,(H,26,34). The first-order valence-electron chi connectivity index (χ1n) is 12.5. The molecule has 10 nitrogen and oxygen atoms in total. The first-order chi connectivity index (χ1) is 17.1. The highest BCUT2D eigenvalue weighted by Crippen LogP contribution is 2.23. The number of methoxy groups -OCH3 is 1. The maximum Gasteiger partial charge on any atom is 0.220 e. The Hall–Kier alpha value is -3.40. The lowest BCUT2D eigenvalue weighted by molar-refractivity contribution is -0.121. The van der Waals surface area contributed by atoms with Gasteiger partial charge in [-0.05, 0) is 37.4 Å². The number of nitrogens with zero attached hydrogens (tertiary/aromatic N) is 7. The van der Waals surface area contributed by atoms with Crippen molar-refractivity contribution in [1.29, 1.82) is 0 Å². The number of benzene rings is 1. The molecule has 1 aliphatic rings. The van der Waals surface area contributed by atoms with Gasteiger partial charge >= 0.3 is 0 Å². The lowest BCUT2D eigenvalue weighted by atomic mass is 10.2. The van der Waals surface area contributed by atoms with Gasteiger partial charge < -0.3 is 24.8 Å². The quantitative estimate of drug-likeness (QED) is 0.445. The van der Waals surface area contributed by atoms with Crippen LogP contribution in [-0.4, -0.2) is 90.1 Å². The summed E-state index contributed by atoms with van der Waals surface area (Å²) >= 11 is 0. The number of fused-ring (bicyclic) bond motifs is 1. The molecule has 0 aliphatic carbocycles. The highest BCUT2D eigenvalue weighted by atomic mass is 16.5.